The van der Waals surface area contributed by atoms with Crippen LogP contribution in [0.2, 0.25) is 0 Å². The second kappa shape index (κ2) is 9.31. The molecule has 0 aromatic carbocycles. The van der Waals surface area contributed by atoms with E-state index in [4.69, 9.17) is 9.97 Å². The number of anilines is 1. The molecule has 1 aromatic rings. The molecule has 4 rings (SSSR count). The van der Waals surface area contributed by atoms with E-state index < -0.39 is 0 Å². The second-order valence-electron chi connectivity index (χ2n) is 9.18. The predicted molar refractivity (Wildman–Crippen MR) is 116 cm³/mol. The summed E-state index contributed by atoms with van der Waals surface area (Å²) in [6.07, 6.45) is 10.8. The highest BCUT2D eigenvalue weighted by molar-refractivity contribution is 5.84. The van der Waals surface area contributed by atoms with Gasteiger partial charge in [-0.2, -0.15) is 0 Å². The first-order valence-electron chi connectivity index (χ1n) is 11.7. The molecule has 164 valence electrons. The third-order valence-electron chi connectivity index (χ3n) is 6.93. The molecule has 1 saturated carbocycles. The van der Waals surface area contributed by atoms with Crippen molar-refractivity contribution in [2.45, 2.75) is 77.7 Å². The fraction of sp³-hybridized carbons (Fsp3) is 0.739. The van der Waals surface area contributed by atoms with Crippen LogP contribution in [0.25, 0.3) is 0 Å². The maximum atomic E-state index is 12.7. The Morgan fingerprint density at radius 1 is 1.03 bits per heavy atom. The summed E-state index contributed by atoms with van der Waals surface area (Å²) in [5.41, 5.74) is 2.35. The standard InChI is InChI=1S/C23H35N5O2/c1-16-19-10-6-12-27(15-18-8-4-3-5-9-18)23(19)26-22(25-16)20-11-7-13-28(20)21(30)14-24-17(2)29/h18,20H,3-15H2,1-2H3,(H,24,29)/t20-/m0/s1. The van der Waals surface area contributed by atoms with Crippen molar-refractivity contribution in [3.05, 3.63) is 17.1 Å². The molecule has 7 heteroatoms. The number of amides is 2. The minimum Gasteiger partial charge on any atom is -0.356 e. The smallest absolute Gasteiger partial charge is 0.242 e. The van der Waals surface area contributed by atoms with Gasteiger partial charge in [-0.1, -0.05) is 19.3 Å². The van der Waals surface area contributed by atoms with Crippen molar-refractivity contribution < 1.29 is 9.59 Å². The van der Waals surface area contributed by atoms with Crippen LogP contribution in [0, 0.1) is 12.8 Å². The monoisotopic (exact) mass is 413 g/mol. The molecule has 0 radical (unpaired) electrons. The van der Waals surface area contributed by atoms with Crippen molar-refractivity contribution in [2.24, 2.45) is 5.92 Å². The van der Waals surface area contributed by atoms with Crippen LogP contribution in [-0.2, 0) is 16.0 Å². The number of fused-ring (bicyclic) bond motifs is 1. The number of carbonyl (C=O) groups is 2. The fourth-order valence-corrected chi connectivity index (χ4v) is 5.35. The second-order valence-corrected chi connectivity index (χ2v) is 9.18. The molecule has 0 spiro atoms. The Kier molecular flexibility index (Phi) is 6.54. The fourth-order valence-electron chi connectivity index (χ4n) is 5.35. The summed E-state index contributed by atoms with van der Waals surface area (Å²) in [6.45, 7) is 6.43. The highest BCUT2D eigenvalue weighted by Crippen LogP contribution is 2.35. The van der Waals surface area contributed by atoms with Gasteiger partial charge >= 0.3 is 0 Å². The van der Waals surface area contributed by atoms with Crippen molar-refractivity contribution in [3.63, 3.8) is 0 Å². The number of nitrogens with one attached hydrogen (secondary N) is 1. The lowest BCUT2D eigenvalue weighted by Crippen LogP contribution is -2.40. The first-order valence-corrected chi connectivity index (χ1v) is 11.7. The molecule has 3 heterocycles. The molecule has 2 aliphatic heterocycles. The van der Waals surface area contributed by atoms with Gasteiger partial charge in [-0.3, -0.25) is 9.59 Å². The molecule has 2 fully saturated rings. The van der Waals surface area contributed by atoms with Crippen molar-refractivity contribution in [3.8, 4) is 0 Å². The summed E-state index contributed by atoms with van der Waals surface area (Å²) >= 11 is 0. The lowest BCUT2D eigenvalue weighted by Gasteiger charge is -2.35. The Hall–Kier alpha value is -2.18. The molecule has 2 amide bonds. The van der Waals surface area contributed by atoms with Gasteiger partial charge in [0.1, 0.15) is 5.82 Å². The van der Waals surface area contributed by atoms with E-state index in [0.29, 0.717) is 6.54 Å². The van der Waals surface area contributed by atoms with E-state index in [9.17, 15) is 9.59 Å². The van der Waals surface area contributed by atoms with E-state index in [1.807, 2.05) is 4.90 Å². The molecule has 3 aliphatic rings. The molecule has 1 saturated heterocycles. The predicted octanol–water partition coefficient (Wildman–Crippen LogP) is 2.92. The van der Waals surface area contributed by atoms with Gasteiger partial charge < -0.3 is 15.1 Å². The number of hydrogen-bond acceptors (Lipinski definition) is 5. The summed E-state index contributed by atoms with van der Waals surface area (Å²) in [6, 6.07) is -0.0892. The van der Waals surface area contributed by atoms with Gasteiger partial charge in [-0.15, -0.1) is 0 Å². The van der Waals surface area contributed by atoms with E-state index in [2.05, 4.69) is 17.1 Å². The maximum absolute atomic E-state index is 12.7. The van der Waals surface area contributed by atoms with Crippen molar-refractivity contribution in [1.29, 1.82) is 0 Å². The molecule has 1 atom stereocenters. The largest absolute Gasteiger partial charge is 0.356 e. The number of likely N-dealkylation sites (tertiary alicyclic amines) is 1. The third kappa shape index (κ3) is 4.60. The van der Waals surface area contributed by atoms with Gasteiger partial charge in [0.05, 0.1) is 12.6 Å². The van der Waals surface area contributed by atoms with Crippen LogP contribution < -0.4 is 10.2 Å². The van der Waals surface area contributed by atoms with E-state index in [1.165, 1.54) is 44.6 Å². The average molecular weight is 414 g/mol. The van der Waals surface area contributed by atoms with Crippen LogP contribution in [-0.4, -0.2) is 52.9 Å². The zero-order valence-corrected chi connectivity index (χ0v) is 18.5. The Morgan fingerprint density at radius 3 is 2.60 bits per heavy atom. The number of aryl methyl sites for hydroxylation is 1. The lowest BCUT2D eigenvalue weighted by atomic mass is 9.88. The quantitative estimate of drug-likeness (QED) is 0.803. The van der Waals surface area contributed by atoms with Gasteiger partial charge in [0, 0.05) is 37.8 Å². The van der Waals surface area contributed by atoms with E-state index in [-0.39, 0.29) is 24.4 Å². The first-order chi connectivity index (χ1) is 14.5. The molecule has 0 bridgehead atoms. The topological polar surface area (TPSA) is 78.4 Å². The van der Waals surface area contributed by atoms with Gasteiger partial charge in [-0.25, -0.2) is 9.97 Å². The number of rotatable bonds is 5. The molecule has 1 N–H and O–H groups in total. The highest BCUT2D eigenvalue weighted by Gasteiger charge is 2.34. The van der Waals surface area contributed by atoms with E-state index >= 15 is 0 Å². The minimum atomic E-state index is -0.182. The van der Waals surface area contributed by atoms with Crippen LogP contribution in [0.5, 0.6) is 0 Å². The highest BCUT2D eigenvalue weighted by atomic mass is 16.2. The normalized spacial score (nSPS) is 22.1. The Labute approximate surface area is 179 Å². The van der Waals surface area contributed by atoms with Gasteiger partial charge in [-0.05, 0) is 51.4 Å². The number of carbonyl (C=O) groups excluding carboxylic acids is 2. The van der Waals surface area contributed by atoms with Crippen molar-refractivity contribution in [1.82, 2.24) is 20.2 Å². The summed E-state index contributed by atoms with van der Waals surface area (Å²) in [5.74, 6) is 2.42. The van der Waals surface area contributed by atoms with Crippen LogP contribution in [0.1, 0.15) is 81.4 Å². The van der Waals surface area contributed by atoms with E-state index in [0.717, 1.165) is 62.0 Å². The molecule has 1 aromatic heterocycles. The Morgan fingerprint density at radius 2 is 1.83 bits per heavy atom. The van der Waals surface area contributed by atoms with Crippen molar-refractivity contribution >= 4 is 17.6 Å². The SMILES string of the molecule is CC(=O)NCC(=O)N1CCC[C@H]1c1nc(C)c2c(n1)N(CC1CCCCC1)CCC2. The van der Waals surface area contributed by atoms with Crippen LogP contribution in [0.15, 0.2) is 0 Å². The molecule has 0 unspecified atom stereocenters. The minimum absolute atomic E-state index is 0.0452. The van der Waals surface area contributed by atoms with Crippen LogP contribution in [0.3, 0.4) is 0 Å². The number of nitrogens with zero attached hydrogens (tertiary/aromatic N) is 4. The molecule has 7 nitrogen and oxygen atoms in total. The van der Waals surface area contributed by atoms with Gasteiger partial charge in [0.2, 0.25) is 11.8 Å². The number of hydrogen-bond donors (Lipinski definition) is 1. The maximum Gasteiger partial charge on any atom is 0.242 e. The number of aromatic nitrogens is 2. The lowest BCUT2D eigenvalue weighted by molar-refractivity contribution is -0.133. The summed E-state index contributed by atoms with van der Waals surface area (Å²) in [4.78, 5) is 38.2. The van der Waals surface area contributed by atoms with Crippen LogP contribution in [0.4, 0.5) is 5.82 Å². The van der Waals surface area contributed by atoms with Gasteiger partial charge in [0.15, 0.2) is 5.82 Å². The van der Waals surface area contributed by atoms with Gasteiger partial charge in [0.25, 0.3) is 0 Å². The Bertz CT molecular complexity index is 790. The Balaban J connectivity index is 1.55. The molecule has 1 aliphatic carbocycles. The third-order valence-corrected chi connectivity index (χ3v) is 6.93. The zero-order chi connectivity index (χ0) is 21.1. The van der Waals surface area contributed by atoms with Crippen molar-refractivity contribution in [2.75, 3.05) is 31.1 Å². The molecule has 30 heavy (non-hydrogen) atoms. The zero-order valence-electron chi connectivity index (χ0n) is 18.5. The average Bonchev–Trinajstić information content (AvgIpc) is 3.23. The van der Waals surface area contributed by atoms with E-state index in [1.54, 1.807) is 0 Å². The molecular formula is C23H35N5O2. The molecular weight excluding hydrogens is 378 g/mol. The summed E-state index contributed by atoms with van der Waals surface area (Å²) in [7, 11) is 0. The van der Waals surface area contributed by atoms with Crippen LogP contribution >= 0.6 is 0 Å². The summed E-state index contributed by atoms with van der Waals surface area (Å²) in [5, 5.41) is 2.63. The first kappa shape index (κ1) is 21.1. The summed E-state index contributed by atoms with van der Waals surface area (Å²) < 4.78 is 0.